The molecule has 0 rings (SSSR count). The lowest BCUT2D eigenvalue weighted by Gasteiger charge is -1.88. The van der Waals surface area contributed by atoms with Crippen molar-refractivity contribution in [2.75, 3.05) is 0 Å². The molecule has 7 heavy (non-hydrogen) atoms. The molecule has 0 N–H and O–H groups in total. The molecule has 0 aromatic rings. The molecule has 0 aromatic heterocycles. The standard InChI is InChI=1S/C6H13P/c1-3-5-6(7)4-2/h5H,3-4,7H2,1-2H3/b6-5+. The molecule has 1 heteroatoms. The Kier molecular flexibility index (Phi) is 4.44. The lowest BCUT2D eigenvalue weighted by molar-refractivity contribution is 1.14. The summed E-state index contributed by atoms with van der Waals surface area (Å²) in [5.74, 6) is 0. The van der Waals surface area contributed by atoms with Crippen molar-refractivity contribution in [1.82, 2.24) is 0 Å². The Morgan fingerprint density at radius 1 is 1.57 bits per heavy atom. The smallest absolute Gasteiger partial charge is 0.0311 e. The fourth-order valence-corrected chi connectivity index (χ4v) is 0.642. The number of hydrogen-bond donors (Lipinski definition) is 0. The van der Waals surface area contributed by atoms with Crippen LogP contribution in [0.1, 0.15) is 26.7 Å². The van der Waals surface area contributed by atoms with Crippen molar-refractivity contribution in [3.63, 3.8) is 0 Å². The van der Waals surface area contributed by atoms with Gasteiger partial charge in [0.2, 0.25) is 0 Å². The van der Waals surface area contributed by atoms with Crippen LogP contribution >= 0.6 is 9.24 Å². The van der Waals surface area contributed by atoms with Crippen molar-refractivity contribution in [3.8, 4) is 0 Å². The lowest BCUT2D eigenvalue weighted by Crippen LogP contribution is -1.62. The lowest BCUT2D eigenvalue weighted by atomic mass is 10.3. The van der Waals surface area contributed by atoms with E-state index in [1.165, 1.54) is 11.7 Å². The van der Waals surface area contributed by atoms with Gasteiger partial charge in [-0.05, 0) is 12.8 Å². The topological polar surface area (TPSA) is 0 Å². The molecule has 0 radical (unpaired) electrons. The average Bonchev–Trinajstić information content (AvgIpc) is 1.68. The van der Waals surface area contributed by atoms with Gasteiger partial charge in [-0.3, -0.25) is 0 Å². The Balaban J connectivity index is 3.29. The molecule has 0 bridgehead atoms. The molecule has 0 saturated heterocycles. The maximum absolute atomic E-state index is 2.72. The summed E-state index contributed by atoms with van der Waals surface area (Å²) >= 11 is 0. The van der Waals surface area contributed by atoms with Gasteiger partial charge < -0.3 is 0 Å². The van der Waals surface area contributed by atoms with Crippen LogP contribution < -0.4 is 0 Å². The summed E-state index contributed by atoms with van der Waals surface area (Å²) in [5, 5.41) is 1.42. The minimum Gasteiger partial charge on any atom is -0.110 e. The average molecular weight is 116 g/mol. The van der Waals surface area contributed by atoms with E-state index in [9.17, 15) is 0 Å². The maximum Gasteiger partial charge on any atom is -0.0311 e. The van der Waals surface area contributed by atoms with Gasteiger partial charge in [-0.1, -0.05) is 25.2 Å². The summed E-state index contributed by atoms with van der Waals surface area (Å²) in [5.41, 5.74) is 0. The second-order valence-corrected chi connectivity index (χ2v) is 2.28. The quantitative estimate of drug-likeness (QED) is 0.486. The Hall–Kier alpha value is 0.170. The van der Waals surface area contributed by atoms with Gasteiger partial charge in [-0.25, -0.2) is 0 Å². The summed E-state index contributed by atoms with van der Waals surface area (Å²) in [6.45, 7) is 4.31. The van der Waals surface area contributed by atoms with E-state index in [2.05, 4.69) is 29.2 Å². The third-order valence-electron chi connectivity index (χ3n) is 0.875. The molecule has 1 atom stereocenters. The molecule has 0 aliphatic heterocycles. The zero-order chi connectivity index (χ0) is 5.70. The van der Waals surface area contributed by atoms with Gasteiger partial charge in [0.15, 0.2) is 0 Å². The summed E-state index contributed by atoms with van der Waals surface area (Å²) in [7, 11) is 2.72. The molecule has 0 nitrogen and oxygen atoms in total. The molecule has 0 amide bonds. The van der Waals surface area contributed by atoms with Crippen molar-refractivity contribution in [1.29, 1.82) is 0 Å². The van der Waals surface area contributed by atoms with E-state index in [0.717, 1.165) is 6.42 Å². The molecule has 1 unspecified atom stereocenters. The van der Waals surface area contributed by atoms with Crippen LogP contribution in [0.25, 0.3) is 0 Å². The highest BCUT2D eigenvalue weighted by Gasteiger charge is 1.76. The largest absolute Gasteiger partial charge is 0.110 e. The highest BCUT2D eigenvalue weighted by molar-refractivity contribution is 7.22. The molecule has 0 spiro atoms. The highest BCUT2D eigenvalue weighted by atomic mass is 31.0. The first-order valence-corrected chi connectivity index (χ1v) is 3.33. The van der Waals surface area contributed by atoms with Crippen LogP contribution in [0.15, 0.2) is 11.4 Å². The fraction of sp³-hybridized carbons (Fsp3) is 0.667. The zero-order valence-corrected chi connectivity index (χ0v) is 6.22. The monoisotopic (exact) mass is 116 g/mol. The molecule has 0 heterocycles. The molecule has 42 valence electrons. The molecule has 0 aliphatic carbocycles. The summed E-state index contributed by atoms with van der Waals surface area (Å²) in [6.07, 6.45) is 4.55. The minimum atomic E-state index is 1.16. The van der Waals surface area contributed by atoms with E-state index in [0.29, 0.717) is 0 Å². The van der Waals surface area contributed by atoms with Crippen LogP contribution in [0.2, 0.25) is 0 Å². The Morgan fingerprint density at radius 3 is 2.29 bits per heavy atom. The first kappa shape index (κ1) is 7.17. The van der Waals surface area contributed by atoms with Crippen LogP contribution in [-0.4, -0.2) is 0 Å². The van der Waals surface area contributed by atoms with E-state index in [4.69, 9.17) is 0 Å². The Bertz CT molecular complexity index is 64.6. The van der Waals surface area contributed by atoms with E-state index in [1.807, 2.05) is 0 Å². The second-order valence-electron chi connectivity index (χ2n) is 1.54. The molecule has 0 saturated carbocycles. The van der Waals surface area contributed by atoms with E-state index in [-0.39, 0.29) is 0 Å². The minimum absolute atomic E-state index is 1.16. The predicted molar refractivity (Wildman–Crippen MR) is 38.4 cm³/mol. The number of allylic oxidation sites excluding steroid dienone is 2. The third kappa shape index (κ3) is 4.01. The molecule has 0 fully saturated rings. The normalized spacial score (nSPS) is 12.1. The van der Waals surface area contributed by atoms with Gasteiger partial charge in [-0.15, -0.1) is 9.24 Å². The number of rotatable bonds is 2. The van der Waals surface area contributed by atoms with Crippen molar-refractivity contribution < 1.29 is 0 Å². The van der Waals surface area contributed by atoms with Crippen molar-refractivity contribution in [2.45, 2.75) is 26.7 Å². The summed E-state index contributed by atoms with van der Waals surface area (Å²) in [6, 6.07) is 0. The van der Waals surface area contributed by atoms with Crippen LogP contribution in [0, 0.1) is 0 Å². The van der Waals surface area contributed by atoms with Crippen LogP contribution in [0.3, 0.4) is 0 Å². The summed E-state index contributed by atoms with van der Waals surface area (Å²) < 4.78 is 0. The zero-order valence-electron chi connectivity index (χ0n) is 5.07. The molecule has 0 aromatic carbocycles. The van der Waals surface area contributed by atoms with E-state index in [1.54, 1.807) is 0 Å². The van der Waals surface area contributed by atoms with Crippen molar-refractivity contribution in [2.24, 2.45) is 0 Å². The van der Waals surface area contributed by atoms with Crippen LogP contribution in [-0.2, 0) is 0 Å². The Labute approximate surface area is 48.2 Å². The van der Waals surface area contributed by atoms with E-state index >= 15 is 0 Å². The van der Waals surface area contributed by atoms with Gasteiger partial charge in [0.05, 0.1) is 0 Å². The molecule has 0 aliphatic rings. The van der Waals surface area contributed by atoms with Gasteiger partial charge >= 0.3 is 0 Å². The third-order valence-corrected chi connectivity index (χ3v) is 1.52. The second kappa shape index (κ2) is 4.33. The van der Waals surface area contributed by atoms with Crippen LogP contribution in [0.5, 0.6) is 0 Å². The van der Waals surface area contributed by atoms with Gasteiger partial charge in [0, 0.05) is 0 Å². The SMILES string of the molecule is CC/C=C(/P)CC. The molecular weight excluding hydrogens is 103 g/mol. The Morgan fingerprint density at radius 2 is 2.14 bits per heavy atom. The maximum atomic E-state index is 2.72. The highest BCUT2D eigenvalue weighted by Crippen LogP contribution is 2.09. The predicted octanol–water partition coefficient (Wildman–Crippen LogP) is 2.57. The van der Waals surface area contributed by atoms with Crippen molar-refractivity contribution >= 4 is 9.24 Å². The fourth-order valence-electron chi connectivity index (χ4n) is 0.407. The summed E-state index contributed by atoms with van der Waals surface area (Å²) in [4.78, 5) is 0. The van der Waals surface area contributed by atoms with Crippen molar-refractivity contribution in [3.05, 3.63) is 11.4 Å². The van der Waals surface area contributed by atoms with Crippen LogP contribution in [0.4, 0.5) is 0 Å². The first-order chi connectivity index (χ1) is 3.31. The van der Waals surface area contributed by atoms with Gasteiger partial charge in [0.25, 0.3) is 0 Å². The van der Waals surface area contributed by atoms with Gasteiger partial charge in [0.1, 0.15) is 0 Å². The van der Waals surface area contributed by atoms with Gasteiger partial charge in [-0.2, -0.15) is 0 Å². The number of hydrogen-bond acceptors (Lipinski definition) is 0. The molecular formula is C6H13P. The van der Waals surface area contributed by atoms with E-state index < -0.39 is 0 Å². The first-order valence-electron chi connectivity index (χ1n) is 2.75.